The van der Waals surface area contributed by atoms with Gasteiger partial charge in [0.05, 0.1) is 18.2 Å². The van der Waals surface area contributed by atoms with Crippen LogP contribution >= 0.6 is 0 Å². The largest absolute Gasteiger partial charge is 0.481 e. The first kappa shape index (κ1) is 16.2. The fraction of sp³-hybridized carbons (Fsp3) is 0.389. The highest BCUT2D eigenvalue weighted by Crippen LogP contribution is 2.37. The number of hydrogen-bond acceptors (Lipinski definition) is 3. The fourth-order valence-electron chi connectivity index (χ4n) is 3.41. The van der Waals surface area contributed by atoms with Crippen LogP contribution in [0.1, 0.15) is 35.6 Å². The van der Waals surface area contributed by atoms with Crippen molar-refractivity contribution in [2.45, 2.75) is 32.4 Å². The first-order valence-corrected chi connectivity index (χ1v) is 8.02. The van der Waals surface area contributed by atoms with Crippen LogP contribution in [0.2, 0.25) is 0 Å². The second-order valence-corrected chi connectivity index (χ2v) is 6.39. The topological polar surface area (TPSA) is 75.4 Å². The summed E-state index contributed by atoms with van der Waals surface area (Å²) in [6.07, 6.45) is 4.07. The zero-order valence-corrected chi connectivity index (χ0v) is 13.8. The van der Waals surface area contributed by atoms with Crippen LogP contribution in [0.3, 0.4) is 0 Å². The Morgan fingerprint density at radius 3 is 2.83 bits per heavy atom. The van der Waals surface area contributed by atoms with Crippen molar-refractivity contribution in [2.24, 2.45) is 13.0 Å². The van der Waals surface area contributed by atoms with Gasteiger partial charge in [0.25, 0.3) is 0 Å². The maximum Gasteiger partial charge on any atom is 0.308 e. The third-order valence-electron chi connectivity index (χ3n) is 4.53. The van der Waals surface area contributed by atoms with Crippen molar-refractivity contribution in [3.05, 3.63) is 53.3 Å². The minimum atomic E-state index is -0.870. The zero-order valence-electron chi connectivity index (χ0n) is 13.8. The van der Waals surface area contributed by atoms with Crippen LogP contribution < -0.4 is 0 Å². The van der Waals surface area contributed by atoms with E-state index >= 15 is 0 Å². The molecule has 1 aliphatic rings. The summed E-state index contributed by atoms with van der Waals surface area (Å²) in [5.41, 5.74) is 2.89. The summed E-state index contributed by atoms with van der Waals surface area (Å²) in [5.74, 6) is -1.50. The second kappa shape index (κ2) is 6.47. The molecule has 1 N–H and O–H groups in total. The van der Waals surface area contributed by atoms with Crippen LogP contribution in [-0.4, -0.2) is 31.7 Å². The minimum Gasteiger partial charge on any atom is -0.481 e. The summed E-state index contributed by atoms with van der Waals surface area (Å²) in [4.78, 5) is 26.0. The highest BCUT2D eigenvalue weighted by molar-refractivity contribution is 5.81. The summed E-state index contributed by atoms with van der Waals surface area (Å²) in [5, 5.41) is 13.8. The minimum absolute atomic E-state index is 0.0112. The number of carbonyl (C=O) groups is 2. The van der Waals surface area contributed by atoms with Gasteiger partial charge in [-0.1, -0.05) is 29.8 Å². The molecular weight excluding hydrogens is 306 g/mol. The summed E-state index contributed by atoms with van der Waals surface area (Å²) in [6.45, 7) is 2.41. The molecule has 0 spiro atoms. The number of amides is 1. The van der Waals surface area contributed by atoms with Gasteiger partial charge in [-0.3, -0.25) is 14.3 Å². The highest BCUT2D eigenvalue weighted by Gasteiger charge is 2.41. The van der Waals surface area contributed by atoms with Crippen LogP contribution in [0, 0.1) is 12.8 Å². The molecule has 1 fully saturated rings. The summed E-state index contributed by atoms with van der Waals surface area (Å²) < 4.78 is 1.64. The van der Waals surface area contributed by atoms with E-state index < -0.39 is 17.9 Å². The number of aromatic nitrogens is 2. The smallest absolute Gasteiger partial charge is 0.308 e. The van der Waals surface area contributed by atoms with Crippen LogP contribution in [0.5, 0.6) is 0 Å². The zero-order chi connectivity index (χ0) is 17.3. The van der Waals surface area contributed by atoms with Gasteiger partial charge in [0.15, 0.2) is 0 Å². The predicted octanol–water partition coefficient (Wildman–Crippen LogP) is 2.29. The van der Waals surface area contributed by atoms with Gasteiger partial charge in [-0.2, -0.15) is 5.10 Å². The number of aliphatic carboxylic acids is 1. The number of carboxylic acids is 1. The molecule has 0 unspecified atom stereocenters. The standard InChI is InChI=1S/C18H21N3O3/c1-12-4-3-5-13(8-12)10-21-16(22)7-6-15(18(23)24)17(21)14-9-19-20(2)11-14/h3-5,8-9,11,15,17H,6-7,10H2,1-2H3,(H,23,24)/t15-,17+/m1/s1. The van der Waals surface area contributed by atoms with E-state index in [9.17, 15) is 14.7 Å². The average molecular weight is 327 g/mol. The Morgan fingerprint density at radius 1 is 1.42 bits per heavy atom. The number of piperidine rings is 1. The third kappa shape index (κ3) is 3.18. The van der Waals surface area contributed by atoms with Crippen molar-refractivity contribution >= 4 is 11.9 Å². The van der Waals surface area contributed by atoms with E-state index in [4.69, 9.17) is 0 Å². The van der Waals surface area contributed by atoms with E-state index in [1.54, 1.807) is 29.0 Å². The SMILES string of the molecule is Cc1cccc(CN2C(=O)CC[C@@H](C(=O)O)[C@@H]2c2cnn(C)c2)c1. The molecule has 6 heteroatoms. The van der Waals surface area contributed by atoms with Crippen molar-refractivity contribution in [1.82, 2.24) is 14.7 Å². The van der Waals surface area contributed by atoms with E-state index in [0.717, 1.165) is 16.7 Å². The van der Waals surface area contributed by atoms with Crippen molar-refractivity contribution in [1.29, 1.82) is 0 Å². The molecule has 0 bridgehead atoms. The van der Waals surface area contributed by atoms with Gasteiger partial charge >= 0.3 is 5.97 Å². The number of likely N-dealkylation sites (tertiary alicyclic amines) is 1. The Morgan fingerprint density at radius 2 is 2.21 bits per heavy atom. The van der Waals surface area contributed by atoms with E-state index in [1.165, 1.54) is 0 Å². The van der Waals surface area contributed by atoms with Gasteiger partial charge in [-0.15, -0.1) is 0 Å². The molecule has 0 aliphatic carbocycles. The van der Waals surface area contributed by atoms with E-state index in [2.05, 4.69) is 5.10 Å². The number of aryl methyl sites for hydroxylation is 2. The van der Waals surface area contributed by atoms with Gasteiger partial charge in [0, 0.05) is 31.8 Å². The molecule has 2 atom stereocenters. The predicted molar refractivity (Wildman–Crippen MR) is 88.0 cm³/mol. The maximum atomic E-state index is 12.5. The van der Waals surface area contributed by atoms with Crippen LogP contribution in [-0.2, 0) is 23.2 Å². The number of carboxylic acid groups (broad SMARTS) is 1. The van der Waals surface area contributed by atoms with Gasteiger partial charge in [-0.05, 0) is 18.9 Å². The number of hydrogen-bond donors (Lipinski definition) is 1. The molecule has 1 amide bonds. The lowest BCUT2D eigenvalue weighted by Gasteiger charge is -2.39. The Bertz CT molecular complexity index is 768. The second-order valence-electron chi connectivity index (χ2n) is 6.39. The Kier molecular flexibility index (Phi) is 4.38. The molecule has 2 heterocycles. The fourth-order valence-corrected chi connectivity index (χ4v) is 3.41. The first-order valence-electron chi connectivity index (χ1n) is 8.02. The van der Waals surface area contributed by atoms with Crippen molar-refractivity contribution in [2.75, 3.05) is 0 Å². The number of benzene rings is 1. The first-order chi connectivity index (χ1) is 11.5. The van der Waals surface area contributed by atoms with Crippen molar-refractivity contribution < 1.29 is 14.7 Å². The molecule has 0 radical (unpaired) electrons. The number of nitrogens with zero attached hydrogens (tertiary/aromatic N) is 3. The van der Waals surface area contributed by atoms with E-state index in [1.807, 2.05) is 31.2 Å². The molecular formula is C18H21N3O3. The summed E-state index contributed by atoms with van der Waals surface area (Å²) in [7, 11) is 1.79. The molecule has 1 aromatic heterocycles. The summed E-state index contributed by atoms with van der Waals surface area (Å²) >= 11 is 0. The lowest BCUT2D eigenvalue weighted by atomic mass is 9.85. The van der Waals surface area contributed by atoms with Crippen LogP contribution in [0.25, 0.3) is 0 Å². The Hall–Kier alpha value is -2.63. The van der Waals surface area contributed by atoms with E-state index in [-0.39, 0.29) is 12.3 Å². The number of rotatable bonds is 4. The molecule has 1 aromatic carbocycles. The van der Waals surface area contributed by atoms with Crippen LogP contribution in [0.4, 0.5) is 0 Å². The molecule has 2 aromatic rings. The monoisotopic (exact) mass is 327 g/mol. The third-order valence-corrected chi connectivity index (χ3v) is 4.53. The molecule has 0 saturated carbocycles. The molecule has 6 nitrogen and oxygen atoms in total. The lowest BCUT2D eigenvalue weighted by Crippen LogP contribution is -2.44. The normalized spacial score (nSPS) is 21.1. The van der Waals surface area contributed by atoms with Crippen LogP contribution in [0.15, 0.2) is 36.7 Å². The van der Waals surface area contributed by atoms with Gasteiger partial charge in [-0.25, -0.2) is 0 Å². The summed E-state index contributed by atoms with van der Waals surface area (Å²) in [6, 6.07) is 7.45. The van der Waals surface area contributed by atoms with Crippen molar-refractivity contribution in [3.63, 3.8) is 0 Å². The molecule has 3 rings (SSSR count). The van der Waals surface area contributed by atoms with Gasteiger partial charge in [0.2, 0.25) is 5.91 Å². The lowest BCUT2D eigenvalue weighted by molar-refractivity contribution is -0.152. The Balaban J connectivity index is 1.98. The van der Waals surface area contributed by atoms with Crippen molar-refractivity contribution in [3.8, 4) is 0 Å². The quantitative estimate of drug-likeness (QED) is 0.935. The van der Waals surface area contributed by atoms with Gasteiger partial charge < -0.3 is 10.0 Å². The molecule has 1 aliphatic heterocycles. The average Bonchev–Trinajstić information content (AvgIpc) is 2.95. The molecule has 126 valence electrons. The van der Waals surface area contributed by atoms with E-state index in [0.29, 0.717) is 13.0 Å². The Labute approximate surface area is 140 Å². The molecule has 1 saturated heterocycles. The highest BCUT2D eigenvalue weighted by atomic mass is 16.4. The maximum absolute atomic E-state index is 12.5. The molecule has 24 heavy (non-hydrogen) atoms. The van der Waals surface area contributed by atoms with Gasteiger partial charge in [0.1, 0.15) is 0 Å². The number of carbonyl (C=O) groups excluding carboxylic acids is 1.